The Kier molecular flexibility index (Phi) is 4.96. The third kappa shape index (κ3) is 3.61. The van der Waals surface area contributed by atoms with Crippen molar-refractivity contribution in [3.8, 4) is 0 Å². The van der Waals surface area contributed by atoms with Crippen molar-refractivity contribution in [1.29, 1.82) is 0 Å². The Morgan fingerprint density at radius 1 is 1.44 bits per heavy atom. The SMILES string of the molecule is CCN(c1cnnc(Cl)c1)C(C)CN(C)C. The molecule has 4 nitrogen and oxygen atoms in total. The van der Waals surface area contributed by atoms with Crippen LogP contribution in [0.2, 0.25) is 5.15 Å². The van der Waals surface area contributed by atoms with Crippen LogP contribution in [0, 0.1) is 0 Å². The Labute approximate surface area is 102 Å². The summed E-state index contributed by atoms with van der Waals surface area (Å²) in [4.78, 5) is 4.43. The molecule has 0 N–H and O–H groups in total. The molecule has 0 aliphatic rings. The van der Waals surface area contributed by atoms with Crippen LogP contribution in [0.15, 0.2) is 12.3 Å². The van der Waals surface area contributed by atoms with Crippen molar-refractivity contribution < 1.29 is 0 Å². The molecule has 0 radical (unpaired) electrons. The Bertz CT molecular complexity index is 330. The van der Waals surface area contributed by atoms with E-state index in [9.17, 15) is 0 Å². The van der Waals surface area contributed by atoms with Crippen molar-refractivity contribution in [1.82, 2.24) is 15.1 Å². The highest BCUT2D eigenvalue weighted by atomic mass is 35.5. The summed E-state index contributed by atoms with van der Waals surface area (Å²) in [5, 5.41) is 8.07. The Morgan fingerprint density at radius 3 is 2.62 bits per heavy atom. The van der Waals surface area contributed by atoms with Crippen LogP contribution in [0.25, 0.3) is 0 Å². The van der Waals surface area contributed by atoms with Gasteiger partial charge in [0.15, 0.2) is 5.15 Å². The zero-order valence-electron chi connectivity index (χ0n) is 10.3. The molecule has 0 aliphatic heterocycles. The number of rotatable bonds is 5. The summed E-state index contributed by atoms with van der Waals surface area (Å²) >= 11 is 5.85. The van der Waals surface area contributed by atoms with E-state index in [4.69, 9.17) is 11.6 Å². The van der Waals surface area contributed by atoms with Crippen LogP contribution in [0.3, 0.4) is 0 Å². The maximum absolute atomic E-state index is 5.85. The van der Waals surface area contributed by atoms with Crippen LogP contribution in [0.5, 0.6) is 0 Å². The zero-order chi connectivity index (χ0) is 12.1. The molecule has 5 heteroatoms. The summed E-state index contributed by atoms with van der Waals surface area (Å²) in [5.41, 5.74) is 1.02. The average molecular weight is 243 g/mol. The van der Waals surface area contributed by atoms with Crippen LogP contribution in [0.4, 0.5) is 5.69 Å². The molecule has 0 spiro atoms. The van der Waals surface area contributed by atoms with Gasteiger partial charge in [0, 0.05) is 25.2 Å². The van der Waals surface area contributed by atoms with Gasteiger partial charge in [-0.1, -0.05) is 11.6 Å². The predicted molar refractivity (Wildman–Crippen MR) is 68.1 cm³/mol. The number of hydrogen-bond acceptors (Lipinski definition) is 4. The second-order valence-electron chi connectivity index (χ2n) is 4.13. The zero-order valence-corrected chi connectivity index (χ0v) is 11.1. The van der Waals surface area contributed by atoms with Gasteiger partial charge in [-0.25, -0.2) is 0 Å². The fraction of sp³-hybridized carbons (Fsp3) is 0.636. The number of aromatic nitrogens is 2. The summed E-state index contributed by atoms with van der Waals surface area (Å²) in [5.74, 6) is 0. The highest BCUT2D eigenvalue weighted by molar-refractivity contribution is 6.29. The van der Waals surface area contributed by atoms with Gasteiger partial charge >= 0.3 is 0 Å². The van der Waals surface area contributed by atoms with Gasteiger partial charge in [0.05, 0.1) is 11.9 Å². The molecule has 0 amide bonds. The lowest BCUT2D eigenvalue weighted by molar-refractivity contribution is 0.373. The van der Waals surface area contributed by atoms with Crippen molar-refractivity contribution >= 4 is 17.3 Å². The van der Waals surface area contributed by atoms with Crippen molar-refractivity contribution in [2.45, 2.75) is 19.9 Å². The smallest absolute Gasteiger partial charge is 0.153 e. The minimum atomic E-state index is 0.417. The fourth-order valence-corrected chi connectivity index (χ4v) is 2.02. The molecule has 1 rings (SSSR count). The number of nitrogens with zero attached hydrogens (tertiary/aromatic N) is 4. The Morgan fingerprint density at radius 2 is 2.12 bits per heavy atom. The van der Waals surface area contributed by atoms with Gasteiger partial charge in [0.1, 0.15) is 0 Å². The van der Waals surface area contributed by atoms with E-state index < -0.39 is 0 Å². The lowest BCUT2D eigenvalue weighted by Gasteiger charge is -2.31. The summed E-state index contributed by atoms with van der Waals surface area (Å²) in [6, 6.07) is 2.27. The lowest BCUT2D eigenvalue weighted by Crippen LogP contribution is -2.40. The first-order valence-corrected chi connectivity index (χ1v) is 5.82. The molecule has 1 atom stereocenters. The monoisotopic (exact) mass is 242 g/mol. The van der Waals surface area contributed by atoms with E-state index in [-0.39, 0.29) is 0 Å². The standard InChI is InChI=1S/C11H19ClN4/c1-5-16(9(2)8-15(3)4)10-6-11(12)14-13-7-10/h6-7,9H,5,8H2,1-4H3. The first-order valence-electron chi connectivity index (χ1n) is 5.44. The maximum atomic E-state index is 5.85. The average Bonchev–Trinajstić information content (AvgIpc) is 2.17. The molecular formula is C11H19ClN4. The Balaban J connectivity index is 2.81. The number of hydrogen-bond donors (Lipinski definition) is 0. The first-order chi connectivity index (χ1) is 7.54. The molecule has 0 bridgehead atoms. The van der Waals surface area contributed by atoms with Crippen LogP contribution in [0.1, 0.15) is 13.8 Å². The van der Waals surface area contributed by atoms with Crippen LogP contribution < -0.4 is 4.90 Å². The minimum Gasteiger partial charge on any atom is -0.366 e. The summed E-state index contributed by atoms with van der Waals surface area (Å²) in [6.07, 6.45) is 1.75. The maximum Gasteiger partial charge on any atom is 0.153 e. The van der Waals surface area contributed by atoms with Gasteiger partial charge in [-0.3, -0.25) is 0 Å². The normalized spacial score (nSPS) is 12.9. The predicted octanol–water partition coefficient (Wildman–Crippen LogP) is 1.91. The summed E-state index contributed by atoms with van der Waals surface area (Å²) < 4.78 is 0. The van der Waals surface area contributed by atoms with Crippen LogP contribution in [-0.2, 0) is 0 Å². The molecule has 1 heterocycles. The summed E-state index contributed by atoms with van der Waals surface area (Å²) in [6.45, 7) is 6.24. The second kappa shape index (κ2) is 6.01. The van der Waals surface area contributed by atoms with Crippen molar-refractivity contribution in [2.75, 3.05) is 32.1 Å². The lowest BCUT2D eigenvalue weighted by atomic mass is 10.2. The van der Waals surface area contributed by atoms with Gasteiger partial charge in [0.25, 0.3) is 0 Å². The highest BCUT2D eigenvalue weighted by Crippen LogP contribution is 2.18. The molecule has 1 aromatic rings. The number of halogens is 1. The minimum absolute atomic E-state index is 0.417. The summed E-state index contributed by atoms with van der Waals surface area (Å²) in [7, 11) is 4.14. The van der Waals surface area contributed by atoms with Crippen molar-refractivity contribution in [3.63, 3.8) is 0 Å². The van der Waals surface area contributed by atoms with Gasteiger partial charge in [-0.15, -0.1) is 5.10 Å². The van der Waals surface area contributed by atoms with Crippen molar-refractivity contribution in [3.05, 3.63) is 17.4 Å². The molecule has 16 heavy (non-hydrogen) atoms. The van der Waals surface area contributed by atoms with Gasteiger partial charge in [-0.2, -0.15) is 5.10 Å². The number of likely N-dealkylation sites (N-methyl/N-ethyl adjacent to an activating group) is 2. The van der Waals surface area contributed by atoms with Gasteiger partial charge < -0.3 is 9.80 Å². The largest absolute Gasteiger partial charge is 0.366 e. The third-order valence-electron chi connectivity index (χ3n) is 2.44. The molecule has 0 saturated carbocycles. The molecule has 0 fully saturated rings. The third-order valence-corrected chi connectivity index (χ3v) is 2.63. The van der Waals surface area contributed by atoms with Gasteiger partial charge in [-0.05, 0) is 27.9 Å². The van der Waals surface area contributed by atoms with E-state index in [2.05, 4.69) is 47.9 Å². The van der Waals surface area contributed by atoms with E-state index in [0.717, 1.165) is 18.8 Å². The molecule has 0 aromatic carbocycles. The molecule has 0 saturated heterocycles. The molecule has 0 aliphatic carbocycles. The molecule has 90 valence electrons. The van der Waals surface area contributed by atoms with E-state index >= 15 is 0 Å². The van der Waals surface area contributed by atoms with Crippen LogP contribution >= 0.6 is 11.6 Å². The Hall–Kier alpha value is -0.870. The van der Waals surface area contributed by atoms with Crippen molar-refractivity contribution in [2.24, 2.45) is 0 Å². The van der Waals surface area contributed by atoms with Crippen LogP contribution in [-0.4, -0.2) is 48.3 Å². The highest BCUT2D eigenvalue weighted by Gasteiger charge is 2.14. The topological polar surface area (TPSA) is 32.3 Å². The number of anilines is 1. The molecule has 1 unspecified atom stereocenters. The second-order valence-corrected chi connectivity index (χ2v) is 4.52. The quantitative estimate of drug-likeness (QED) is 0.790. The van der Waals surface area contributed by atoms with E-state index in [1.54, 1.807) is 6.20 Å². The first kappa shape index (κ1) is 13.2. The van der Waals surface area contributed by atoms with E-state index in [0.29, 0.717) is 11.2 Å². The molecule has 1 aromatic heterocycles. The molecular weight excluding hydrogens is 224 g/mol. The van der Waals surface area contributed by atoms with E-state index in [1.807, 2.05) is 6.07 Å². The van der Waals surface area contributed by atoms with E-state index in [1.165, 1.54) is 0 Å². The van der Waals surface area contributed by atoms with Gasteiger partial charge in [0.2, 0.25) is 0 Å². The fourth-order valence-electron chi connectivity index (χ4n) is 1.86.